The Kier molecular flexibility index (Phi) is 12.8. The van der Waals surface area contributed by atoms with Gasteiger partial charge in [-0.25, -0.2) is 0 Å². The zero-order valence-electron chi connectivity index (χ0n) is 57.6. The minimum absolute atomic E-state index is 0.0586. The maximum absolute atomic E-state index is 2.62. The van der Waals surface area contributed by atoms with E-state index in [0.717, 1.165) is 34.1 Å². The number of anilines is 6. The van der Waals surface area contributed by atoms with Crippen molar-refractivity contribution in [1.82, 2.24) is 9.13 Å². The summed E-state index contributed by atoms with van der Waals surface area (Å²) in [5.41, 5.74) is 26.1. The van der Waals surface area contributed by atoms with Crippen LogP contribution in [-0.2, 0) is 16.2 Å². The van der Waals surface area contributed by atoms with Crippen LogP contribution < -0.4 is 26.2 Å². The van der Waals surface area contributed by atoms with Crippen LogP contribution in [0.3, 0.4) is 0 Å². The molecule has 4 heterocycles. The summed E-state index contributed by atoms with van der Waals surface area (Å²) < 4.78 is 5.20. The van der Waals surface area contributed by atoms with Gasteiger partial charge in [0.2, 0.25) is 0 Å². The fourth-order valence-electron chi connectivity index (χ4n) is 16.9. The van der Waals surface area contributed by atoms with Gasteiger partial charge in [-0.2, -0.15) is 0 Å². The molecular formula is C94H75BN4. The van der Waals surface area contributed by atoms with Crippen molar-refractivity contribution in [2.75, 3.05) is 9.80 Å². The first-order valence-electron chi connectivity index (χ1n) is 35.2. The van der Waals surface area contributed by atoms with Crippen molar-refractivity contribution in [1.29, 1.82) is 0 Å². The van der Waals surface area contributed by atoms with Crippen LogP contribution in [-0.4, -0.2) is 15.8 Å². The Labute approximate surface area is 579 Å². The Morgan fingerprint density at radius 2 is 0.566 bits per heavy atom. The van der Waals surface area contributed by atoms with Crippen molar-refractivity contribution < 1.29 is 0 Å². The van der Waals surface area contributed by atoms with Crippen molar-refractivity contribution >= 4 is 144 Å². The van der Waals surface area contributed by atoms with E-state index in [1.165, 1.54) is 153 Å². The summed E-state index contributed by atoms with van der Waals surface area (Å²) in [5.74, 6) is 0. The van der Waals surface area contributed by atoms with Crippen molar-refractivity contribution in [3.63, 3.8) is 0 Å². The first kappa shape index (κ1) is 58.9. The highest BCUT2D eigenvalue weighted by Gasteiger charge is 2.45. The lowest BCUT2D eigenvalue weighted by Crippen LogP contribution is -2.61. The fourth-order valence-corrected chi connectivity index (χ4v) is 16.9. The van der Waals surface area contributed by atoms with Crippen molar-refractivity contribution in [2.24, 2.45) is 0 Å². The summed E-state index contributed by atoms with van der Waals surface area (Å²) in [6.45, 7) is 21.0. The molecule has 474 valence electrons. The van der Waals surface area contributed by atoms with Crippen LogP contribution in [0.5, 0.6) is 0 Å². The fraction of sp³-hybridized carbons (Fsp3) is 0.128. The second kappa shape index (κ2) is 21.6. The molecule has 0 spiro atoms. The molecule has 0 amide bonds. The van der Waals surface area contributed by atoms with Crippen molar-refractivity contribution in [3.8, 4) is 33.6 Å². The molecule has 0 fully saturated rings. The zero-order valence-corrected chi connectivity index (χ0v) is 57.6. The van der Waals surface area contributed by atoms with Crippen LogP contribution in [0.1, 0.15) is 79.0 Å². The highest BCUT2D eigenvalue weighted by Crippen LogP contribution is 2.51. The molecule has 0 radical (unpaired) electrons. The molecule has 0 aliphatic carbocycles. The van der Waals surface area contributed by atoms with Crippen LogP contribution in [0.15, 0.2) is 291 Å². The SMILES string of the molecule is CC(C)(C)c1cc2c3c(c1)N(c1ccc(-c4ccccc4)cc1)c1cc(-n4c5ccc(C(C)(C)C)cc5c5c6ccccc6c6ccccc6c54)ccc1B3c1ccc(-n3c4ccc(C(C)(C)C)cc4c4c5ccccc5c5ccccc5c43)cc1N2c1ccc(-c2ccccc2)cc1. The lowest BCUT2D eigenvalue weighted by molar-refractivity contribution is 0.590. The van der Waals surface area contributed by atoms with E-state index >= 15 is 0 Å². The third-order valence-electron chi connectivity index (χ3n) is 21.9. The average molecular weight is 1270 g/mol. The molecule has 0 saturated heterocycles. The summed E-state index contributed by atoms with van der Waals surface area (Å²) >= 11 is 0. The lowest BCUT2D eigenvalue weighted by atomic mass is 9.33. The van der Waals surface area contributed by atoms with Crippen molar-refractivity contribution in [2.45, 2.75) is 78.6 Å². The maximum atomic E-state index is 2.62. The second-order valence-corrected chi connectivity index (χ2v) is 30.9. The highest BCUT2D eigenvalue weighted by atomic mass is 15.2. The first-order valence-corrected chi connectivity index (χ1v) is 35.2. The largest absolute Gasteiger partial charge is 0.311 e. The molecule has 0 bridgehead atoms. The zero-order chi connectivity index (χ0) is 67.0. The molecule has 5 heteroatoms. The standard InChI is InChI=1S/C94H75BN4/c1-92(2,3)62-40-50-81-77(52-62)87-73-32-20-16-28-69(73)71-30-18-22-34-75(71)90(87)98(81)67-46-48-79-83(56-67)96(65-42-36-60(37-43-65)58-24-12-10-13-25-58)85-54-64(94(7,8)9)55-86-89(85)95(79)80-49-47-68(57-84(80)97(86)66-44-38-61(39-45-66)59-26-14-11-15-27-59)99-82-51-41-63(93(4,5)6)53-78(82)88-74-33-21-17-29-70(74)72-31-19-23-35-76(72)91(88)99/h10-57H,1-9H3. The molecule has 2 aliphatic rings. The molecule has 17 aromatic rings. The first-order chi connectivity index (χ1) is 48.0. The molecule has 2 aliphatic heterocycles. The van der Waals surface area contributed by atoms with E-state index < -0.39 is 0 Å². The van der Waals surface area contributed by atoms with E-state index in [4.69, 9.17) is 0 Å². The van der Waals surface area contributed by atoms with Gasteiger partial charge in [0.15, 0.2) is 0 Å². The highest BCUT2D eigenvalue weighted by molar-refractivity contribution is 7.00. The van der Waals surface area contributed by atoms with Gasteiger partial charge in [-0.1, -0.05) is 269 Å². The van der Waals surface area contributed by atoms with Gasteiger partial charge in [0.05, 0.1) is 22.1 Å². The van der Waals surface area contributed by atoms with Gasteiger partial charge in [0.1, 0.15) is 0 Å². The molecule has 4 nitrogen and oxygen atoms in total. The van der Waals surface area contributed by atoms with Gasteiger partial charge in [0.25, 0.3) is 6.71 Å². The van der Waals surface area contributed by atoms with Gasteiger partial charge < -0.3 is 18.9 Å². The smallest absolute Gasteiger partial charge is 0.252 e. The Morgan fingerprint density at radius 1 is 0.242 bits per heavy atom. The molecular weight excluding hydrogens is 1200 g/mol. The van der Waals surface area contributed by atoms with E-state index in [9.17, 15) is 0 Å². The minimum atomic E-state index is -0.242. The number of hydrogen-bond acceptors (Lipinski definition) is 2. The third kappa shape index (κ3) is 8.99. The molecule has 19 rings (SSSR count). The Morgan fingerprint density at radius 3 is 0.939 bits per heavy atom. The number of rotatable bonds is 6. The Balaban J connectivity index is 0.924. The number of aromatic nitrogens is 2. The van der Waals surface area contributed by atoms with E-state index in [0.29, 0.717) is 0 Å². The third-order valence-corrected chi connectivity index (χ3v) is 21.9. The van der Waals surface area contributed by atoms with E-state index in [-0.39, 0.29) is 23.0 Å². The number of nitrogens with zero attached hydrogens (tertiary/aromatic N) is 4. The van der Waals surface area contributed by atoms with Gasteiger partial charge >= 0.3 is 0 Å². The van der Waals surface area contributed by atoms with Gasteiger partial charge in [0, 0.05) is 77.8 Å². The molecule has 99 heavy (non-hydrogen) atoms. The summed E-state index contributed by atoms with van der Waals surface area (Å²) in [7, 11) is 0. The summed E-state index contributed by atoms with van der Waals surface area (Å²) in [5, 5.41) is 15.2. The van der Waals surface area contributed by atoms with Crippen LogP contribution in [0.4, 0.5) is 34.1 Å². The quantitative estimate of drug-likeness (QED) is 0.122. The van der Waals surface area contributed by atoms with Crippen LogP contribution in [0.25, 0.3) is 120 Å². The average Bonchev–Trinajstić information content (AvgIpc) is 1.64. The van der Waals surface area contributed by atoms with Crippen LogP contribution >= 0.6 is 0 Å². The topological polar surface area (TPSA) is 16.3 Å². The lowest BCUT2D eigenvalue weighted by Gasteiger charge is -2.45. The molecule has 15 aromatic carbocycles. The van der Waals surface area contributed by atoms with Crippen molar-refractivity contribution in [3.05, 3.63) is 308 Å². The maximum Gasteiger partial charge on any atom is 0.252 e. The number of benzene rings is 15. The predicted molar refractivity (Wildman–Crippen MR) is 426 cm³/mol. The van der Waals surface area contributed by atoms with E-state index in [1.807, 2.05) is 0 Å². The monoisotopic (exact) mass is 1270 g/mol. The Bertz CT molecular complexity index is 5840. The molecule has 0 atom stereocenters. The van der Waals surface area contributed by atoms with Gasteiger partial charge in [-0.05, 0) is 189 Å². The van der Waals surface area contributed by atoms with Crippen LogP contribution in [0, 0.1) is 0 Å². The molecule has 2 aromatic heterocycles. The molecule has 0 saturated carbocycles. The minimum Gasteiger partial charge on any atom is -0.311 e. The summed E-state index contributed by atoms with van der Waals surface area (Å²) in [4.78, 5) is 5.24. The van der Waals surface area contributed by atoms with Gasteiger partial charge in [-0.3, -0.25) is 0 Å². The summed E-state index contributed by atoms with van der Waals surface area (Å²) in [6.07, 6.45) is 0. The second-order valence-electron chi connectivity index (χ2n) is 30.9. The van der Waals surface area contributed by atoms with Crippen LogP contribution in [0.2, 0.25) is 0 Å². The van der Waals surface area contributed by atoms with Gasteiger partial charge in [-0.15, -0.1) is 0 Å². The summed E-state index contributed by atoms with van der Waals surface area (Å²) in [6, 6.07) is 111. The normalized spacial score (nSPS) is 13.2. The Hall–Kier alpha value is -11.4. The predicted octanol–water partition coefficient (Wildman–Crippen LogP) is 23.8. The van der Waals surface area contributed by atoms with E-state index in [2.05, 4.69) is 372 Å². The van der Waals surface area contributed by atoms with E-state index in [1.54, 1.807) is 0 Å². The number of hydrogen-bond donors (Lipinski definition) is 0. The number of fused-ring (bicyclic) bond motifs is 20. The molecule has 0 N–H and O–H groups in total. The molecule has 0 unspecified atom stereocenters.